The molecule has 0 spiro atoms. The maximum Gasteiger partial charge on any atom is -0.0351 e. The van der Waals surface area contributed by atoms with E-state index in [9.17, 15) is 0 Å². The molecule has 0 rings (SSSR count). The van der Waals surface area contributed by atoms with E-state index in [0.29, 0.717) is 0 Å². The highest BCUT2D eigenvalue weighted by Gasteiger charge is 1.84. The van der Waals surface area contributed by atoms with Crippen LogP contribution in [0.2, 0.25) is 0 Å². The summed E-state index contributed by atoms with van der Waals surface area (Å²) in [5.74, 6) is 0. The normalized spacial score (nSPS) is 10.8. The largest absolute Gasteiger partial charge is 0.103 e. The predicted molar refractivity (Wildman–Crippen MR) is 61.9 cm³/mol. The van der Waals surface area contributed by atoms with Gasteiger partial charge in [-0.3, -0.25) is 0 Å². The van der Waals surface area contributed by atoms with Crippen LogP contribution in [-0.4, -0.2) is 0 Å². The minimum Gasteiger partial charge on any atom is -0.103 e. The molecule has 0 aromatic heterocycles. The van der Waals surface area contributed by atoms with E-state index in [1.165, 1.54) is 51.4 Å². The molecule has 0 bridgehead atoms. The van der Waals surface area contributed by atoms with Gasteiger partial charge in [-0.1, -0.05) is 44.4 Å². The van der Waals surface area contributed by atoms with Crippen LogP contribution in [0.1, 0.15) is 58.3 Å². The molecule has 0 saturated heterocycles. The molecule has 0 atom stereocenters. The standard InChI is InChI=1S/C13H24/c1-3-5-7-9-11-13-12-10-8-6-4-2/h3,10,12H,1,4-9,11,13H2,2H3/b12-10-. The van der Waals surface area contributed by atoms with E-state index in [1.807, 2.05) is 6.08 Å². The quantitative estimate of drug-likeness (QED) is 0.351. The lowest BCUT2D eigenvalue weighted by Gasteiger charge is -1.94. The maximum atomic E-state index is 3.71. The van der Waals surface area contributed by atoms with Gasteiger partial charge in [-0.2, -0.15) is 0 Å². The van der Waals surface area contributed by atoms with Crippen LogP contribution in [0.5, 0.6) is 0 Å². The molecule has 0 radical (unpaired) electrons. The van der Waals surface area contributed by atoms with Crippen molar-refractivity contribution in [3.8, 4) is 0 Å². The Balaban J connectivity index is 2.97. The molecule has 0 heterocycles. The minimum absolute atomic E-state index is 1.18. The van der Waals surface area contributed by atoms with Crippen molar-refractivity contribution in [1.29, 1.82) is 0 Å². The Morgan fingerprint density at radius 3 is 2.08 bits per heavy atom. The summed E-state index contributed by atoms with van der Waals surface area (Å²) in [5.41, 5.74) is 0. The van der Waals surface area contributed by atoms with E-state index >= 15 is 0 Å². The van der Waals surface area contributed by atoms with E-state index in [0.717, 1.165) is 0 Å². The molecule has 0 N–H and O–H groups in total. The molecule has 0 aliphatic carbocycles. The van der Waals surface area contributed by atoms with Crippen LogP contribution in [0.15, 0.2) is 24.8 Å². The highest BCUT2D eigenvalue weighted by Crippen LogP contribution is 2.04. The fraction of sp³-hybridized carbons (Fsp3) is 0.692. The van der Waals surface area contributed by atoms with Gasteiger partial charge in [-0.15, -0.1) is 6.58 Å². The first kappa shape index (κ1) is 12.5. The van der Waals surface area contributed by atoms with Crippen LogP contribution in [0, 0.1) is 0 Å². The topological polar surface area (TPSA) is 0 Å². The molecule has 0 nitrogen and oxygen atoms in total. The van der Waals surface area contributed by atoms with Crippen molar-refractivity contribution in [2.45, 2.75) is 58.3 Å². The second-order valence-corrected chi connectivity index (χ2v) is 3.54. The van der Waals surface area contributed by atoms with Gasteiger partial charge in [0.2, 0.25) is 0 Å². The van der Waals surface area contributed by atoms with Crippen LogP contribution in [0.25, 0.3) is 0 Å². The lowest BCUT2D eigenvalue weighted by Crippen LogP contribution is -1.74. The third-order valence-corrected chi connectivity index (χ3v) is 2.17. The first-order valence-electron chi connectivity index (χ1n) is 5.67. The molecule has 76 valence electrons. The number of hydrogen-bond acceptors (Lipinski definition) is 0. The van der Waals surface area contributed by atoms with Gasteiger partial charge >= 0.3 is 0 Å². The number of hydrogen-bond donors (Lipinski definition) is 0. The fourth-order valence-electron chi connectivity index (χ4n) is 1.29. The monoisotopic (exact) mass is 180 g/mol. The van der Waals surface area contributed by atoms with Gasteiger partial charge < -0.3 is 0 Å². The van der Waals surface area contributed by atoms with Crippen LogP contribution >= 0.6 is 0 Å². The zero-order valence-electron chi connectivity index (χ0n) is 9.10. The van der Waals surface area contributed by atoms with Gasteiger partial charge in [-0.05, 0) is 32.1 Å². The van der Waals surface area contributed by atoms with E-state index in [2.05, 4.69) is 25.7 Å². The first-order chi connectivity index (χ1) is 6.41. The Hall–Kier alpha value is -0.520. The summed E-state index contributed by atoms with van der Waals surface area (Å²) >= 11 is 0. The first-order valence-corrected chi connectivity index (χ1v) is 5.67. The number of unbranched alkanes of at least 4 members (excludes halogenated alkanes) is 6. The second kappa shape index (κ2) is 11.5. The number of rotatable bonds is 9. The second-order valence-electron chi connectivity index (χ2n) is 3.54. The molecule has 0 aliphatic heterocycles. The average Bonchev–Trinajstić information content (AvgIpc) is 2.16. The summed E-state index contributed by atoms with van der Waals surface area (Å²) in [5, 5.41) is 0. The van der Waals surface area contributed by atoms with Crippen molar-refractivity contribution in [3.05, 3.63) is 24.8 Å². The van der Waals surface area contributed by atoms with Crippen molar-refractivity contribution in [1.82, 2.24) is 0 Å². The molecule has 0 amide bonds. The van der Waals surface area contributed by atoms with E-state index in [-0.39, 0.29) is 0 Å². The Bertz CT molecular complexity index is 122. The van der Waals surface area contributed by atoms with Crippen LogP contribution in [0.4, 0.5) is 0 Å². The van der Waals surface area contributed by atoms with Gasteiger partial charge in [0.15, 0.2) is 0 Å². The van der Waals surface area contributed by atoms with Crippen LogP contribution in [-0.2, 0) is 0 Å². The zero-order valence-corrected chi connectivity index (χ0v) is 9.10. The van der Waals surface area contributed by atoms with Crippen molar-refractivity contribution in [2.24, 2.45) is 0 Å². The smallest absolute Gasteiger partial charge is 0.0351 e. The highest BCUT2D eigenvalue weighted by molar-refractivity contribution is 4.81. The fourth-order valence-corrected chi connectivity index (χ4v) is 1.29. The van der Waals surface area contributed by atoms with Gasteiger partial charge in [0.1, 0.15) is 0 Å². The Morgan fingerprint density at radius 2 is 1.46 bits per heavy atom. The Morgan fingerprint density at radius 1 is 0.846 bits per heavy atom. The lowest BCUT2D eigenvalue weighted by atomic mass is 10.1. The molecular weight excluding hydrogens is 156 g/mol. The zero-order chi connectivity index (χ0) is 9.78. The molecule has 0 fully saturated rings. The van der Waals surface area contributed by atoms with E-state index in [4.69, 9.17) is 0 Å². The van der Waals surface area contributed by atoms with Gasteiger partial charge in [0.05, 0.1) is 0 Å². The summed E-state index contributed by atoms with van der Waals surface area (Å²) in [7, 11) is 0. The lowest BCUT2D eigenvalue weighted by molar-refractivity contribution is 0.695. The number of allylic oxidation sites excluding steroid dienone is 3. The summed E-state index contributed by atoms with van der Waals surface area (Å²) in [6, 6.07) is 0. The molecule has 0 saturated carbocycles. The molecular formula is C13H24. The van der Waals surface area contributed by atoms with Crippen molar-refractivity contribution in [2.75, 3.05) is 0 Å². The SMILES string of the molecule is C=CCCCCC/C=C\CCCC. The van der Waals surface area contributed by atoms with Gasteiger partial charge in [0.25, 0.3) is 0 Å². The van der Waals surface area contributed by atoms with Crippen molar-refractivity contribution < 1.29 is 0 Å². The summed E-state index contributed by atoms with van der Waals surface area (Å²) in [6.07, 6.45) is 17.0. The average molecular weight is 180 g/mol. The molecule has 0 aromatic rings. The molecule has 13 heavy (non-hydrogen) atoms. The predicted octanol–water partition coefficient (Wildman–Crippen LogP) is 4.87. The molecule has 0 aromatic carbocycles. The van der Waals surface area contributed by atoms with Crippen molar-refractivity contribution >= 4 is 0 Å². The summed E-state index contributed by atoms with van der Waals surface area (Å²) < 4.78 is 0. The third-order valence-electron chi connectivity index (χ3n) is 2.17. The maximum absolute atomic E-state index is 3.71. The molecule has 0 heteroatoms. The summed E-state index contributed by atoms with van der Waals surface area (Å²) in [6.45, 7) is 5.95. The van der Waals surface area contributed by atoms with Crippen molar-refractivity contribution in [3.63, 3.8) is 0 Å². The van der Waals surface area contributed by atoms with Gasteiger partial charge in [0, 0.05) is 0 Å². The Kier molecular flexibility index (Phi) is 11.0. The summed E-state index contributed by atoms with van der Waals surface area (Å²) in [4.78, 5) is 0. The van der Waals surface area contributed by atoms with Crippen LogP contribution < -0.4 is 0 Å². The van der Waals surface area contributed by atoms with E-state index in [1.54, 1.807) is 0 Å². The molecule has 0 aliphatic rings. The Labute approximate surface area is 83.7 Å². The minimum atomic E-state index is 1.18. The van der Waals surface area contributed by atoms with Gasteiger partial charge in [-0.25, -0.2) is 0 Å². The van der Waals surface area contributed by atoms with Crippen LogP contribution in [0.3, 0.4) is 0 Å². The third kappa shape index (κ3) is 11.5. The highest BCUT2D eigenvalue weighted by atomic mass is 13.9. The molecule has 0 unspecified atom stereocenters. The van der Waals surface area contributed by atoms with E-state index < -0.39 is 0 Å².